The number of imide groups is 1. The van der Waals surface area contributed by atoms with E-state index in [9.17, 15) is 19.2 Å². The molecule has 2 aliphatic rings. The highest BCUT2D eigenvalue weighted by molar-refractivity contribution is 6.10. The fraction of sp³-hybridized carbons (Fsp3) is 0.290. The summed E-state index contributed by atoms with van der Waals surface area (Å²) in [4.78, 5) is 55.6. The lowest BCUT2D eigenvalue weighted by Gasteiger charge is -2.35. The van der Waals surface area contributed by atoms with E-state index in [1.54, 1.807) is 17.0 Å². The molecule has 3 aromatic carbocycles. The monoisotopic (exact) mass is 494 g/mol. The Morgan fingerprint density at radius 3 is 2.11 bits per heavy atom. The Kier molecular flexibility index (Phi) is 6.74. The highest BCUT2D eigenvalue weighted by atomic mass is 16.2. The molecule has 0 N–H and O–H groups in total. The van der Waals surface area contributed by atoms with Crippen molar-refractivity contribution in [2.24, 2.45) is 5.92 Å². The number of benzene rings is 3. The van der Waals surface area contributed by atoms with Gasteiger partial charge in [-0.1, -0.05) is 84.9 Å². The molecule has 0 bridgehead atoms. The topological polar surface area (TPSA) is 74.8 Å². The second kappa shape index (κ2) is 10.1. The van der Waals surface area contributed by atoms with E-state index in [4.69, 9.17) is 0 Å². The standard InChI is InChI=1S/C31H30N2O4/c1-32-27(34)19-31(30(32)37,26-16-14-23(15-17-26)22-9-4-2-5-10-22)20-28(35)33-18-8-13-25(21-33)29(36)24-11-6-3-7-12-24/h2-7,9-12,14-17,25H,8,13,18-21H2,1H3/t25-,31+/m1/s1. The third-order valence-electron chi connectivity index (χ3n) is 7.74. The summed E-state index contributed by atoms with van der Waals surface area (Å²) in [5.41, 5.74) is 2.11. The molecule has 6 heteroatoms. The van der Waals surface area contributed by atoms with Gasteiger partial charge in [-0.3, -0.25) is 24.1 Å². The maximum absolute atomic E-state index is 13.6. The minimum atomic E-state index is -1.24. The molecule has 3 aromatic rings. The quantitative estimate of drug-likeness (QED) is 0.374. The van der Waals surface area contributed by atoms with Crippen molar-refractivity contribution in [3.8, 4) is 11.1 Å². The van der Waals surface area contributed by atoms with Crippen molar-refractivity contribution in [1.29, 1.82) is 0 Å². The number of amides is 3. The Bertz CT molecular complexity index is 1320. The summed E-state index contributed by atoms with van der Waals surface area (Å²) in [5.74, 6) is -1.08. The number of nitrogens with zero attached hydrogens (tertiary/aromatic N) is 2. The molecule has 3 amide bonds. The molecule has 6 nitrogen and oxygen atoms in total. The first-order chi connectivity index (χ1) is 17.9. The van der Waals surface area contributed by atoms with Gasteiger partial charge in [-0.05, 0) is 29.5 Å². The Labute approximate surface area is 216 Å². The van der Waals surface area contributed by atoms with Crippen LogP contribution in [0.1, 0.15) is 41.6 Å². The van der Waals surface area contributed by atoms with Crippen LogP contribution >= 0.6 is 0 Å². The first-order valence-corrected chi connectivity index (χ1v) is 12.7. The number of likely N-dealkylation sites (tertiary alicyclic amines) is 2. The maximum atomic E-state index is 13.6. The van der Waals surface area contributed by atoms with Gasteiger partial charge in [-0.15, -0.1) is 0 Å². The van der Waals surface area contributed by atoms with Crippen LogP contribution in [0, 0.1) is 5.92 Å². The lowest BCUT2D eigenvalue weighted by Crippen LogP contribution is -2.46. The average Bonchev–Trinajstić information content (AvgIpc) is 3.17. The summed E-state index contributed by atoms with van der Waals surface area (Å²) in [6, 6.07) is 26.6. The highest BCUT2D eigenvalue weighted by Gasteiger charge is 2.53. The summed E-state index contributed by atoms with van der Waals surface area (Å²) >= 11 is 0. The van der Waals surface area contributed by atoms with E-state index in [0.717, 1.165) is 28.9 Å². The number of likely N-dealkylation sites (N-methyl/N-ethyl adjacent to an activating group) is 1. The van der Waals surface area contributed by atoms with Crippen LogP contribution in [0.25, 0.3) is 11.1 Å². The lowest BCUT2D eigenvalue weighted by atomic mass is 9.75. The molecule has 2 atom stereocenters. The molecule has 0 radical (unpaired) electrons. The number of carbonyl (C=O) groups excluding carboxylic acids is 4. The Morgan fingerprint density at radius 1 is 0.865 bits per heavy atom. The average molecular weight is 495 g/mol. The normalized spacial score (nSPS) is 21.8. The van der Waals surface area contributed by atoms with Crippen molar-refractivity contribution in [3.05, 3.63) is 96.1 Å². The predicted molar refractivity (Wildman–Crippen MR) is 141 cm³/mol. The third-order valence-corrected chi connectivity index (χ3v) is 7.74. The summed E-state index contributed by atoms with van der Waals surface area (Å²) in [7, 11) is 1.48. The van der Waals surface area contributed by atoms with Crippen molar-refractivity contribution >= 4 is 23.5 Å². The maximum Gasteiger partial charge on any atom is 0.240 e. The van der Waals surface area contributed by atoms with E-state index in [-0.39, 0.29) is 42.3 Å². The number of rotatable bonds is 6. The molecule has 0 spiro atoms. The minimum absolute atomic E-state index is 0.0381. The van der Waals surface area contributed by atoms with Crippen LogP contribution < -0.4 is 0 Å². The van der Waals surface area contributed by atoms with Crippen LogP contribution in [0.3, 0.4) is 0 Å². The van der Waals surface area contributed by atoms with Gasteiger partial charge in [0, 0.05) is 44.5 Å². The highest BCUT2D eigenvalue weighted by Crippen LogP contribution is 2.41. The zero-order valence-corrected chi connectivity index (χ0v) is 20.9. The molecule has 37 heavy (non-hydrogen) atoms. The van der Waals surface area contributed by atoms with E-state index in [1.165, 1.54) is 7.05 Å². The van der Waals surface area contributed by atoms with Gasteiger partial charge < -0.3 is 4.90 Å². The SMILES string of the molecule is CN1C(=O)C[C@](CC(=O)N2CCC[C@@H](C(=O)c3ccccc3)C2)(c2ccc(-c3ccccc3)cc2)C1=O. The fourth-order valence-corrected chi connectivity index (χ4v) is 5.59. The van der Waals surface area contributed by atoms with Crippen LogP contribution in [-0.4, -0.2) is 53.4 Å². The van der Waals surface area contributed by atoms with Crippen LogP contribution in [0.2, 0.25) is 0 Å². The number of piperidine rings is 1. The molecule has 0 unspecified atom stereocenters. The number of hydrogen-bond donors (Lipinski definition) is 0. The van der Waals surface area contributed by atoms with E-state index in [0.29, 0.717) is 24.2 Å². The summed E-state index contributed by atoms with van der Waals surface area (Å²) in [5, 5.41) is 0. The van der Waals surface area contributed by atoms with Gasteiger partial charge in [0.1, 0.15) is 0 Å². The molecule has 2 fully saturated rings. The van der Waals surface area contributed by atoms with E-state index < -0.39 is 5.41 Å². The molecule has 188 valence electrons. The van der Waals surface area contributed by atoms with Crippen LogP contribution in [0.15, 0.2) is 84.9 Å². The first-order valence-electron chi connectivity index (χ1n) is 12.7. The number of ketones is 1. The number of hydrogen-bond acceptors (Lipinski definition) is 4. The molecule has 0 saturated carbocycles. The van der Waals surface area contributed by atoms with Gasteiger partial charge in [-0.25, -0.2) is 0 Å². The van der Waals surface area contributed by atoms with Crippen LogP contribution in [-0.2, 0) is 19.8 Å². The summed E-state index contributed by atoms with van der Waals surface area (Å²) in [6.45, 7) is 0.867. The van der Waals surface area contributed by atoms with Crippen LogP contribution in [0.4, 0.5) is 0 Å². The van der Waals surface area contributed by atoms with Gasteiger partial charge in [0.05, 0.1) is 5.41 Å². The van der Waals surface area contributed by atoms with E-state index >= 15 is 0 Å². The fourth-order valence-electron chi connectivity index (χ4n) is 5.59. The molecule has 0 aromatic heterocycles. The van der Waals surface area contributed by atoms with Gasteiger partial charge in [0.25, 0.3) is 0 Å². The van der Waals surface area contributed by atoms with E-state index in [1.807, 2.05) is 72.8 Å². The second-order valence-electron chi connectivity index (χ2n) is 10.0. The summed E-state index contributed by atoms with van der Waals surface area (Å²) < 4.78 is 0. The van der Waals surface area contributed by atoms with Crippen molar-refractivity contribution in [2.45, 2.75) is 31.1 Å². The first kappa shape index (κ1) is 24.6. The van der Waals surface area contributed by atoms with Crippen molar-refractivity contribution in [3.63, 3.8) is 0 Å². The van der Waals surface area contributed by atoms with E-state index in [2.05, 4.69) is 0 Å². The van der Waals surface area contributed by atoms with Gasteiger partial charge in [0.2, 0.25) is 17.7 Å². The molecule has 0 aliphatic carbocycles. The zero-order chi connectivity index (χ0) is 26.0. The molecular weight excluding hydrogens is 464 g/mol. The molecule has 5 rings (SSSR count). The van der Waals surface area contributed by atoms with Crippen molar-refractivity contribution in [1.82, 2.24) is 9.80 Å². The number of Topliss-reactive ketones (excluding diaryl/α,β-unsaturated/α-hetero) is 1. The summed E-state index contributed by atoms with van der Waals surface area (Å²) in [6.07, 6.45) is 1.31. The van der Waals surface area contributed by atoms with Gasteiger partial charge in [0.15, 0.2) is 5.78 Å². The molecule has 2 heterocycles. The molecular formula is C31H30N2O4. The number of carbonyl (C=O) groups is 4. The second-order valence-corrected chi connectivity index (χ2v) is 10.0. The third kappa shape index (κ3) is 4.71. The molecule has 2 saturated heterocycles. The van der Waals surface area contributed by atoms with Gasteiger partial charge >= 0.3 is 0 Å². The Hall–Kier alpha value is -4.06. The van der Waals surface area contributed by atoms with Gasteiger partial charge in [-0.2, -0.15) is 0 Å². The zero-order valence-electron chi connectivity index (χ0n) is 20.9. The lowest BCUT2D eigenvalue weighted by molar-refractivity contribution is -0.142. The molecule has 2 aliphatic heterocycles. The van der Waals surface area contributed by atoms with Crippen LogP contribution in [0.5, 0.6) is 0 Å². The Morgan fingerprint density at radius 2 is 1.49 bits per heavy atom. The Balaban J connectivity index is 1.39. The van der Waals surface area contributed by atoms with Crippen molar-refractivity contribution in [2.75, 3.05) is 20.1 Å². The predicted octanol–water partition coefficient (Wildman–Crippen LogP) is 4.49. The smallest absolute Gasteiger partial charge is 0.240 e. The van der Waals surface area contributed by atoms with Crippen molar-refractivity contribution < 1.29 is 19.2 Å². The largest absolute Gasteiger partial charge is 0.342 e. The minimum Gasteiger partial charge on any atom is -0.342 e.